The minimum Gasteiger partial charge on any atom is -0.303 e. The molecular weight excluding hydrogens is 220 g/mol. The predicted octanol–water partition coefficient (Wildman–Crippen LogP) is 4.30. The first-order valence-electron chi connectivity index (χ1n) is 7.03. The van der Waals surface area contributed by atoms with Gasteiger partial charge in [0, 0.05) is 6.42 Å². The summed E-state index contributed by atoms with van der Waals surface area (Å²) >= 11 is 0. The largest absolute Gasteiger partial charge is 0.303 e. The molecular formula is C17H24O. The summed E-state index contributed by atoms with van der Waals surface area (Å²) in [4.78, 5) is 10.8. The van der Waals surface area contributed by atoms with Gasteiger partial charge in [-0.25, -0.2) is 0 Å². The van der Waals surface area contributed by atoms with Gasteiger partial charge in [-0.1, -0.05) is 39.3 Å². The van der Waals surface area contributed by atoms with Crippen molar-refractivity contribution in [2.45, 2.75) is 64.7 Å². The molecule has 0 spiro atoms. The smallest absolute Gasteiger partial charge is 0.124 e. The van der Waals surface area contributed by atoms with Gasteiger partial charge in [0.25, 0.3) is 0 Å². The van der Waals surface area contributed by atoms with Gasteiger partial charge in [-0.05, 0) is 53.4 Å². The normalized spacial score (nSPS) is 22.1. The molecule has 0 heterocycles. The maximum absolute atomic E-state index is 10.8. The summed E-state index contributed by atoms with van der Waals surface area (Å²) in [6.45, 7) is 9.15. The van der Waals surface area contributed by atoms with E-state index in [-0.39, 0.29) is 5.41 Å². The highest BCUT2D eigenvalue weighted by Gasteiger charge is 2.29. The Balaban J connectivity index is 2.58. The highest BCUT2D eigenvalue weighted by Crippen LogP contribution is 2.41. The van der Waals surface area contributed by atoms with Gasteiger partial charge in [0.1, 0.15) is 6.29 Å². The number of aldehydes is 1. The molecule has 1 nitrogen and oxygen atoms in total. The Kier molecular flexibility index (Phi) is 3.61. The van der Waals surface area contributed by atoms with Crippen LogP contribution in [0.15, 0.2) is 12.1 Å². The molecule has 0 aromatic heterocycles. The van der Waals surface area contributed by atoms with Crippen molar-refractivity contribution in [1.29, 1.82) is 0 Å². The average Bonchev–Trinajstić information content (AvgIpc) is 2.40. The van der Waals surface area contributed by atoms with Gasteiger partial charge in [-0.15, -0.1) is 0 Å². The van der Waals surface area contributed by atoms with Crippen LogP contribution in [0, 0.1) is 6.92 Å². The molecule has 1 aliphatic carbocycles. The van der Waals surface area contributed by atoms with Crippen molar-refractivity contribution in [1.82, 2.24) is 0 Å². The Morgan fingerprint density at radius 1 is 1.39 bits per heavy atom. The lowest BCUT2D eigenvalue weighted by Gasteiger charge is -2.27. The van der Waals surface area contributed by atoms with Crippen molar-refractivity contribution in [2.75, 3.05) is 0 Å². The standard InChI is InChI=1S/C17H24O/c1-12-6-5-8-17(3,4)16-10-13(2)14(7-9-18)11-15(12)16/h9-12H,5-8H2,1-4H3. The number of benzene rings is 1. The highest BCUT2D eigenvalue weighted by molar-refractivity contribution is 5.58. The molecule has 1 heteroatoms. The molecule has 0 bridgehead atoms. The van der Waals surface area contributed by atoms with Gasteiger partial charge in [0.05, 0.1) is 0 Å². The summed E-state index contributed by atoms with van der Waals surface area (Å²) in [5.74, 6) is 0.618. The summed E-state index contributed by atoms with van der Waals surface area (Å²) in [7, 11) is 0. The van der Waals surface area contributed by atoms with E-state index in [0.29, 0.717) is 12.3 Å². The van der Waals surface area contributed by atoms with Gasteiger partial charge in [0.2, 0.25) is 0 Å². The topological polar surface area (TPSA) is 17.1 Å². The van der Waals surface area contributed by atoms with Crippen LogP contribution in [0.1, 0.15) is 68.2 Å². The Bertz CT molecular complexity index is 457. The van der Waals surface area contributed by atoms with Crippen molar-refractivity contribution in [3.8, 4) is 0 Å². The summed E-state index contributed by atoms with van der Waals surface area (Å²) in [6, 6.07) is 4.62. The van der Waals surface area contributed by atoms with Crippen LogP contribution in [0.2, 0.25) is 0 Å². The second-order valence-electron chi connectivity index (χ2n) is 6.41. The monoisotopic (exact) mass is 244 g/mol. The Labute approximate surface area is 111 Å². The van der Waals surface area contributed by atoms with Crippen molar-refractivity contribution < 1.29 is 4.79 Å². The molecule has 0 saturated carbocycles. The van der Waals surface area contributed by atoms with Crippen LogP contribution in [0.3, 0.4) is 0 Å². The van der Waals surface area contributed by atoms with Crippen LogP contribution in [-0.2, 0) is 16.6 Å². The van der Waals surface area contributed by atoms with E-state index in [2.05, 4.69) is 39.8 Å². The lowest BCUT2D eigenvalue weighted by atomic mass is 9.77. The molecule has 1 aromatic rings. The third-order valence-corrected chi connectivity index (χ3v) is 4.51. The number of fused-ring (bicyclic) bond motifs is 1. The molecule has 1 aliphatic rings. The zero-order valence-corrected chi connectivity index (χ0v) is 12.0. The minimum absolute atomic E-state index is 0.268. The van der Waals surface area contributed by atoms with E-state index in [1.807, 2.05) is 0 Å². The number of aryl methyl sites for hydroxylation is 1. The quantitative estimate of drug-likeness (QED) is 0.560. The number of rotatable bonds is 2. The summed E-state index contributed by atoms with van der Waals surface area (Å²) < 4.78 is 0. The lowest BCUT2D eigenvalue weighted by molar-refractivity contribution is -0.107. The first kappa shape index (κ1) is 13.3. The van der Waals surface area contributed by atoms with E-state index in [1.54, 1.807) is 0 Å². The SMILES string of the molecule is Cc1cc2c(cc1CC=O)C(C)CCCC2(C)C. The van der Waals surface area contributed by atoms with Crippen molar-refractivity contribution in [2.24, 2.45) is 0 Å². The van der Waals surface area contributed by atoms with E-state index >= 15 is 0 Å². The number of hydrogen-bond donors (Lipinski definition) is 0. The molecule has 1 aromatic carbocycles. The fourth-order valence-electron chi connectivity index (χ4n) is 3.22. The fourth-order valence-corrected chi connectivity index (χ4v) is 3.22. The molecule has 0 amide bonds. The average molecular weight is 244 g/mol. The first-order chi connectivity index (χ1) is 8.45. The maximum Gasteiger partial charge on any atom is 0.124 e. The summed E-state index contributed by atoms with van der Waals surface area (Å²) in [6.07, 6.45) is 5.38. The fraction of sp³-hybridized carbons (Fsp3) is 0.588. The molecule has 98 valence electrons. The van der Waals surface area contributed by atoms with E-state index in [0.717, 1.165) is 6.29 Å². The zero-order valence-electron chi connectivity index (χ0n) is 12.0. The Morgan fingerprint density at radius 3 is 2.78 bits per heavy atom. The van der Waals surface area contributed by atoms with E-state index < -0.39 is 0 Å². The maximum atomic E-state index is 10.8. The Morgan fingerprint density at radius 2 is 2.11 bits per heavy atom. The number of carbonyl (C=O) groups excluding carboxylic acids is 1. The van der Waals surface area contributed by atoms with Gasteiger partial charge in [-0.3, -0.25) is 0 Å². The van der Waals surface area contributed by atoms with Crippen LogP contribution in [0.5, 0.6) is 0 Å². The minimum atomic E-state index is 0.268. The van der Waals surface area contributed by atoms with Crippen LogP contribution in [0.25, 0.3) is 0 Å². The van der Waals surface area contributed by atoms with E-state index in [1.165, 1.54) is 41.5 Å². The molecule has 0 fully saturated rings. The molecule has 0 N–H and O–H groups in total. The molecule has 2 rings (SSSR count). The number of carbonyl (C=O) groups is 1. The van der Waals surface area contributed by atoms with E-state index in [4.69, 9.17) is 0 Å². The summed E-state index contributed by atoms with van der Waals surface area (Å²) in [5, 5.41) is 0. The molecule has 0 aliphatic heterocycles. The van der Waals surface area contributed by atoms with Crippen LogP contribution < -0.4 is 0 Å². The molecule has 1 unspecified atom stereocenters. The van der Waals surface area contributed by atoms with Gasteiger partial charge >= 0.3 is 0 Å². The van der Waals surface area contributed by atoms with Gasteiger partial charge < -0.3 is 4.79 Å². The van der Waals surface area contributed by atoms with Crippen LogP contribution in [0.4, 0.5) is 0 Å². The summed E-state index contributed by atoms with van der Waals surface area (Å²) in [5.41, 5.74) is 5.71. The van der Waals surface area contributed by atoms with Gasteiger partial charge in [-0.2, -0.15) is 0 Å². The van der Waals surface area contributed by atoms with E-state index in [9.17, 15) is 4.79 Å². The van der Waals surface area contributed by atoms with Crippen molar-refractivity contribution in [3.63, 3.8) is 0 Å². The zero-order chi connectivity index (χ0) is 13.3. The second-order valence-corrected chi connectivity index (χ2v) is 6.41. The second kappa shape index (κ2) is 4.87. The number of hydrogen-bond acceptors (Lipinski definition) is 1. The van der Waals surface area contributed by atoms with Crippen LogP contribution in [-0.4, -0.2) is 6.29 Å². The first-order valence-corrected chi connectivity index (χ1v) is 7.03. The lowest BCUT2D eigenvalue weighted by Crippen LogP contribution is -2.18. The van der Waals surface area contributed by atoms with Crippen LogP contribution >= 0.6 is 0 Å². The molecule has 18 heavy (non-hydrogen) atoms. The predicted molar refractivity (Wildman–Crippen MR) is 76.2 cm³/mol. The third kappa shape index (κ3) is 2.36. The molecule has 0 saturated heterocycles. The third-order valence-electron chi connectivity index (χ3n) is 4.51. The molecule has 1 atom stereocenters. The van der Waals surface area contributed by atoms with Crippen molar-refractivity contribution in [3.05, 3.63) is 34.4 Å². The van der Waals surface area contributed by atoms with Crippen molar-refractivity contribution >= 4 is 6.29 Å². The van der Waals surface area contributed by atoms with Gasteiger partial charge in [0.15, 0.2) is 0 Å². The highest BCUT2D eigenvalue weighted by atomic mass is 16.1. The Hall–Kier alpha value is -1.11. The molecule has 0 radical (unpaired) electrons.